The minimum absolute atomic E-state index is 0. The van der Waals surface area contributed by atoms with Crippen LogP contribution in [0.4, 0.5) is 0 Å². The Balaban J connectivity index is 0.00000225. The molecule has 0 saturated carbocycles. The van der Waals surface area contributed by atoms with Gasteiger partial charge in [-0.05, 0) is 26.8 Å². The van der Waals surface area contributed by atoms with E-state index in [1.165, 1.54) is 4.88 Å². The number of benzene rings is 1. The summed E-state index contributed by atoms with van der Waals surface area (Å²) < 4.78 is 5.92. The van der Waals surface area contributed by atoms with Crippen LogP contribution in [0.5, 0.6) is 0 Å². The van der Waals surface area contributed by atoms with Crippen molar-refractivity contribution in [3.63, 3.8) is 0 Å². The SMILES string of the molecule is CCNC(=NCc1oc2ccccc2c1C)NCc1cnc(C)s1.I. The van der Waals surface area contributed by atoms with Gasteiger partial charge in [0.1, 0.15) is 17.9 Å². The summed E-state index contributed by atoms with van der Waals surface area (Å²) >= 11 is 1.69. The predicted octanol–water partition coefficient (Wildman–Crippen LogP) is 4.38. The molecule has 134 valence electrons. The molecule has 25 heavy (non-hydrogen) atoms. The maximum Gasteiger partial charge on any atom is 0.191 e. The number of furan rings is 1. The Labute approximate surface area is 169 Å². The molecule has 0 saturated heterocycles. The second-order valence-corrected chi connectivity index (χ2v) is 6.86. The molecular formula is C18H23IN4OS. The molecule has 2 heterocycles. The maximum atomic E-state index is 5.92. The van der Waals surface area contributed by atoms with Crippen LogP contribution in [0.3, 0.4) is 0 Å². The fourth-order valence-electron chi connectivity index (χ4n) is 2.53. The van der Waals surface area contributed by atoms with Gasteiger partial charge in [0.05, 0.1) is 11.6 Å². The van der Waals surface area contributed by atoms with Crippen LogP contribution in [0.25, 0.3) is 11.0 Å². The number of hydrogen-bond acceptors (Lipinski definition) is 4. The van der Waals surface area contributed by atoms with Crippen molar-refractivity contribution in [2.45, 2.75) is 33.9 Å². The number of thiazole rings is 1. The summed E-state index contributed by atoms with van der Waals surface area (Å²) in [6, 6.07) is 8.09. The topological polar surface area (TPSA) is 62.5 Å². The van der Waals surface area contributed by atoms with Gasteiger partial charge < -0.3 is 15.1 Å². The molecule has 0 bridgehead atoms. The van der Waals surface area contributed by atoms with Crippen molar-refractivity contribution in [3.8, 4) is 0 Å². The molecule has 0 aliphatic rings. The van der Waals surface area contributed by atoms with Crippen LogP contribution in [-0.4, -0.2) is 17.5 Å². The van der Waals surface area contributed by atoms with Crippen LogP contribution in [-0.2, 0) is 13.1 Å². The van der Waals surface area contributed by atoms with E-state index >= 15 is 0 Å². The zero-order valence-electron chi connectivity index (χ0n) is 14.6. The number of rotatable bonds is 5. The number of aliphatic imine (C=N–C) groups is 1. The number of nitrogens with one attached hydrogen (secondary N) is 2. The second kappa shape index (κ2) is 9.19. The van der Waals surface area contributed by atoms with E-state index in [1.807, 2.05) is 31.3 Å². The Hall–Kier alpha value is -1.61. The highest BCUT2D eigenvalue weighted by Gasteiger charge is 2.09. The zero-order valence-corrected chi connectivity index (χ0v) is 17.8. The smallest absolute Gasteiger partial charge is 0.191 e. The van der Waals surface area contributed by atoms with Gasteiger partial charge in [0.25, 0.3) is 0 Å². The third-order valence-corrected chi connectivity index (χ3v) is 4.68. The minimum atomic E-state index is 0. The number of aryl methyl sites for hydroxylation is 2. The Morgan fingerprint density at radius 1 is 1.24 bits per heavy atom. The van der Waals surface area contributed by atoms with Crippen molar-refractivity contribution in [1.82, 2.24) is 15.6 Å². The predicted molar refractivity (Wildman–Crippen MR) is 115 cm³/mol. The molecule has 0 amide bonds. The number of para-hydroxylation sites is 1. The standard InChI is InChI=1S/C18H22N4OS.HI/c1-4-19-18(21-10-14-9-20-13(3)24-14)22-11-17-12(2)15-7-5-6-8-16(15)23-17;/h5-9H,4,10-11H2,1-3H3,(H2,19,21,22);1H. The van der Waals surface area contributed by atoms with Crippen LogP contribution in [0.1, 0.15) is 28.1 Å². The summed E-state index contributed by atoms with van der Waals surface area (Å²) in [7, 11) is 0. The van der Waals surface area contributed by atoms with Crippen LogP contribution in [0.2, 0.25) is 0 Å². The third-order valence-electron chi connectivity index (χ3n) is 3.77. The number of halogens is 1. The van der Waals surface area contributed by atoms with E-state index in [4.69, 9.17) is 4.42 Å². The van der Waals surface area contributed by atoms with Gasteiger partial charge in [-0.25, -0.2) is 9.98 Å². The monoisotopic (exact) mass is 470 g/mol. The van der Waals surface area contributed by atoms with Gasteiger partial charge in [0.2, 0.25) is 0 Å². The van der Waals surface area contributed by atoms with E-state index in [2.05, 4.69) is 40.5 Å². The Morgan fingerprint density at radius 3 is 2.72 bits per heavy atom. The molecule has 0 atom stereocenters. The van der Waals surface area contributed by atoms with Crippen molar-refractivity contribution >= 4 is 52.2 Å². The molecule has 2 aromatic heterocycles. The summed E-state index contributed by atoms with van der Waals surface area (Å²) in [6.45, 7) is 8.19. The summed E-state index contributed by atoms with van der Waals surface area (Å²) in [4.78, 5) is 10.1. The lowest BCUT2D eigenvalue weighted by atomic mass is 10.1. The van der Waals surface area contributed by atoms with Crippen molar-refractivity contribution < 1.29 is 4.42 Å². The highest BCUT2D eigenvalue weighted by atomic mass is 127. The number of aromatic nitrogens is 1. The first-order valence-corrected chi connectivity index (χ1v) is 8.89. The van der Waals surface area contributed by atoms with E-state index in [9.17, 15) is 0 Å². The zero-order chi connectivity index (χ0) is 16.9. The first-order valence-electron chi connectivity index (χ1n) is 8.08. The molecule has 0 unspecified atom stereocenters. The summed E-state index contributed by atoms with van der Waals surface area (Å²) in [6.07, 6.45) is 1.90. The second-order valence-electron chi connectivity index (χ2n) is 5.54. The fourth-order valence-corrected chi connectivity index (χ4v) is 3.26. The van der Waals surface area contributed by atoms with Gasteiger partial charge in [-0.15, -0.1) is 35.3 Å². The lowest BCUT2D eigenvalue weighted by Gasteiger charge is -2.09. The van der Waals surface area contributed by atoms with Gasteiger partial charge >= 0.3 is 0 Å². The van der Waals surface area contributed by atoms with E-state index in [0.29, 0.717) is 6.54 Å². The first kappa shape index (κ1) is 19.7. The first-order chi connectivity index (χ1) is 11.7. The van der Waals surface area contributed by atoms with Crippen LogP contribution in [0, 0.1) is 13.8 Å². The largest absolute Gasteiger partial charge is 0.459 e. The maximum absolute atomic E-state index is 5.92. The van der Waals surface area contributed by atoms with Gasteiger partial charge in [-0.2, -0.15) is 0 Å². The average Bonchev–Trinajstić information content (AvgIpc) is 3.14. The third kappa shape index (κ3) is 4.94. The van der Waals surface area contributed by atoms with Crippen molar-refractivity contribution in [2.24, 2.45) is 4.99 Å². The lowest BCUT2D eigenvalue weighted by Crippen LogP contribution is -2.36. The van der Waals surface area contributed by atoms with E-state index in [1.54, 1.807) is 11.3 Å². The summed E-state index contributed by atoms with van der Waals surface area (Å²) in [5.74, 6) is 1.69. The van der Waals surface area contributed by atoms with Crippen molar-refractivity contribution in [2.75, 3.05) is 6.54 Å². The average molecular weight is 470 g/mol. The van der Waals surface area contributed by atoms with E-state index in [-0.39, 0.29) is 24.0 Å². The van der Waals surface area contributed by atoms with Gasteiger partial charge in [-0.1, -0.05) is 18.2 Å². The molecule has 1 aromatic carbocycles. The molecule has 0 aliphatic heterocycles. The number of nitrogens with zero attached hydrogens (tertiary/aromatic N) is 2. The molecule has 3 rings (SSSR count). The normalized spacial score (nSPS) is 11.4. The highest BCUT2D eigenvalue weighted by molar-refractivity contribution is 14.0. The van der Waals surface area contributed by atoms with Gasteiger partial charge in [0, 0.05) is 28.6 Å². The molecule has 0 radical (unpaired) electrons. The lowest BCUT2D eigenvalue weighted by molar-refractivity contribution is 0.548. The van der Waals surface area contributed by atoms with Crippen LogP contribution >= 0.6 is 35.3 Å². The molecule has 3 aromatic rings. The van der Waals surface area contributed by atoms with Gasteiger partial charge in [-0.3, -0.25) is 0 Å². The number of hydrogen-bond donors (Lipinski definition) is 2. The number of guanidine groups is 1. The van der Waals surface area contributed by atoms with Crippen LogP contribution in [0.15, 0.2) is 39.9 Å². The quantitative estimate of drug-likeness (QED) is 0.330. The van der Waals surface area contributed by atoms with Crippen molar-refractivity contribution in [1.29, 1.82) is 0 Å². The van der Waals surface area contributed by atoms with Crippen LogP contribution < -0.4 is 10.6 Å². The van der Waals surface area contributed by atoms with Crippen molar-refractivity contribution in [3.05, 3.63) is 51.7 Å². The Morgan fingerprint density at radius 2 is 2.04 bits per heavy atom. The molecular weight excluding hydrogens is 447 g/mol. The summed E-state index contributed by atoms with van der Waals surface area (Å²) in [5.41, 5.74) is 2.07. The molecule has 0 fully saturated rings. The Kier molecular flexibility index (Phi) is 7.24. The molecule has 7 heteroatoms. The summed E-state index contributed by atoms with van der Waals surface area (Å²) in [5, 5.41) is 8.84. The molecule has 2 N–H and O–H groups in total. The van der Waals surface area contributed by atoms with Gasteiger partial charge in [0.15, 0.2) is 5.96 Å². The highest BCUT2D eigenvalue weighted by Crippen LogP contribution is 2.25. The molecule has 0 aliphatic carbocycles. The van der Waals surface area contributed by atoms with E-state index in [0.717, 1.165) is 46.3 Å². The minimum Gasteiger partial charge on any atom is -0.459 e. The Bertz CT molecular complexity index is 856. The van der Waals surface area contributed by atoms with E-state index < -0.39 is 0 Å². The number of fused-ring (bicyclic) bond motifs is 1. The fraction of sp³-hybridized carbons (Fsp3) is 0.333. The molecule has 0 spiro atoms. The molecule has 5 nitrogen and oxygen atoms in total.